The van der Waals surface area contributed by atoms with Crippen LogP contribution >= 0.6 is 22.6 Å². The Bertz CT molecular complexity index is 895. The third-order valence-corrected chi connectivity index (χ3v) is 4.72. The van der Waals surface area contributed by atoms with Gasteiger partial charge >= 0.3 is 5.97 Å². The molecule has 26 heavy (non-hydrogen) atoms. The van der Waals surface area contributed by atoms with Crippen LogP contribution in [0.25, 0.3) is 11.8 Å². The molecule has 0 fully saturated rings. The summed E-state index contributed by atoms with van der Waals surface area (Å²) in [5.74, 6) is 1.56. The molecule has 0 aliphatic carbocycles. The second kappa shape index (κ2) is 7.95. The SMILES string of the molecule is CCOc1cc(C=C2C=C(c3ccc(C)cc3)OC2=O)cc(I)c1OC. The molecule has 4 nitrogen and oxygen atoms in total. The highest BCUT2D eigenvalue weighted by Crippen LogP contribution is 2.35. The van der Waals surface area contributed by atoms with Crippen molar-refractivity contribution < 1.29 is 19.0 Å². The van der Waals surface area contributed by atoms with E-state index in [4.69, 9.17) is 14.2 Å². The fourth-order valence-corrected chi connectivity index (χ4v) is 3.51. The molecule has 0 unspecified atom stereocenters. The predicted molar refractivity (Wildman–Crippen MR) is 110 cm³/mol. The Balaban J connectivity index is 1.96. The number of methoxy groups -OCH3 is 1. The first-order valence-corrected chi connectivity index (χ1v) is 9.32. The maximum absolute atomic E-state index is 12.2. The lowest BCUT2D eigenvalue weighted by molar-refractivity contribution is -0.130. The van der Waals surface area contributed by atoms with Crippen molar-refractivity contribution >= 4 is 40.4 Å². The fraction of sp³-hybridized carbons (Fsp3) is 0.190. The van der Waals surface area contributed by atoms with Crippen molar-refractivity contribution in [2.45, 2.75) is 13.8 Å². The topological polar surface area (TPSA) is 44.8 Å². The summed E-state index contributed by atoms with van der Waals surface area (Å²) in [5, 5.41) is 0. The van der Waals surface area contributed by atoms with E-state index in [1.807, 2.05) is 50.2 Å². The molecule has 2 aromatic rings. The molecule has 0 aromatic heterocycles. The number of hydrogen-bond donors (Lipinski definition) is 0. The van der Waals surface area contributed by atoms with Crippen LogP contribution < -0.4 is 9.47 Å². The molecule has 1 heterocycles. The lowest BCUT2D eigenvalue weighted by Crippen LogP contribution is -1.99. The maximum Gasteiger partial charge on any atom is 0.343 e. The van der Waals surface area contributed by atoms with Gasteiger partial charge in [0, 0.05) is 5.56 Å². The molecule has 5 heteroatoms. The van der Waals surface area contributed by atoms with Crippen LogP contribution in [0.3, 0.4) is 0 Å². The molecule has 1 aliphatic heterocycles. The van der Waals surface area contributed by atoms with Crippen LogP contribution in [0.5, 0.6) is 11.5 Å². The van der Waals surface area contributed by atoms with Crippen LogP contribution in [0.15, 0.2) is 48.0 Å². The van der Waals surface area contributed by atoms with E-state index in [0.717, 1.165) is 20.3 Å². The first kappa shape index (κ1) is 18.5. The molecule has 0 saturated carbocycles. The zero-order valence-corrected chi connectivity index (χ0v) is 17.0. The second-order valence-corrected chi connectivity index (χ2v) is 6.99. The van der Waals surface area contributed by atoms with Gasteiger partial charge < -0.3 is 14.2 Å². The van der Waals surface area contributed by atoms with Crippen molar-refractivity contribution in [3.05, 3.63) is 68.3 Å². The van der Waals surface area contributed by atoms with E-state index < -0.39 is 0 Å². The van der Waals surface area contributed by atoms with Gasteiger partial charge in [0.25, 0.3) is 0 Å². The Morgan fingerprint density at radius 2 is 1.92 bits per heavy atom. The Hall–Kier alpha value is -2.28. The Morgan fingerprint density at radius 1 is 1.19 bits per heavy atom. The minimum atomic E-state index is -0.357. The molecule has 0 bridgehead atoms. The lowest BCUT2D eigenvalue weighted by Gasteiger charge is -2.12. The average molecular weight is 462 g/mol. The van der Waals surface area contributed by atoms with Crippen molar-refractivity contribution in [3.63, 3.8) is 0 Å². The van der Waals surface area contributed by atoms with Crippen LogP contribution in [0.2, 0.25) is 0 Å². The van der Waals surface area contributed by atoms with Crippen LogP contribution in [0.1, 0.15) is 23.6 Å². The van der Waals surface area contributed by atoms with Crippen molar-refractivity contribution in [1.82, 2.24) is 0 Å². The molecule has 134 valence electrons. The van der Waals surface area contributed by atoms with Gasteiger partial charge in [-0.25, -0.2) is 4.79 Å². The molecule has 0 atom stereocenters. The zero-order chi connectivity index (χ0) is 18.7. The summed E-state index contributed by atoms with van der Waals surface area (Å²) in [7, 11) is 1.61. The molecular weight excluding hydrogens is 443 g/mol. The van der Waals surface area contributed by atoms with Gasteiger partial charge in [-0.3, -0.25) is 0 Å². The highest BCUT2D eigenvalue weighted by molar-refractivity contribution is 14.1. The van der Waals surface area contributed by atoms with Crippen molar-refractivity contribution in [2.75, 3.05) is 13.7 Å². The standard InChI is InChI=1S/C21H19IO4/c1-4-25-19-11-14(10-17(22)20(19)24-3)9-16-12-18(26-21(16)23)15-7-5-13(2)6-8-15/h5-12H,4H2,1-3H3. The average Bonchev–Trinajstić information content (AvgIpc) is 2.96. The lowest BCUT2D eigenvalue weighted by atomic mass is 10.1. The number of hydrogen-bond acceptors (Lipinski definition) is 4. The van der Waals surface area contributed by atoms with Crippen molar-refractivity contribution in [3.8, 4) is 11.5 Å². The number of halogens is 1. The maximum atomic E-state index is 12.2. The van der Waals surface area contributed by atoms with E-state index in [-0.39, 0.29) is 5.97 Å². The number of ether oxygens (including phenoxy) is 3. The quantitative estimate of drug-likeness (QED) is 0.357. The van der Waals surface area contributed by atoms with Crippen LogP contribution in [0, 0.1) is 10.5 Å². The number of aryl methyl sites for hydroxylation is 1. The molecule has 0 radical (unpaired) electrons. The van der Waals surface area contributed by atoms with Gasteiger partial charge in [-0.1, -0.05) is 29.8 Å². The Labute approximate surface area is 166 Å². The monoisotopic (exact) mass is 462 g/mol. The predicted octanol–water partition coefficient (Wildman–Crippen LogP) is 4.99. The molecule has 0 N–H and O–H groups in total. The largest absolute Gasteiger partial charge is 0.492 e. The summed E-state index contributed by atoms with van der Waals surface area (Å²) < 4.78 is 17.4. The normalized spacial score (nSPS) is 15.0. The fourth-order valence-electron chi connectivity index (χ4n) is 2.66. The Kier molecular flexibility index (Phi) is 5.66. The van der Waals surface area contributed by atoms with E-state index >= 15 is 0 Å². The van der Waals surface area contributed by atoms with Crippen LogP contribution in [-0.2, 0) is 9.53 Å². The third-order valence-electron chi connectivity index (χ3n) is 3.92. The molecular formula is C21H19IO4. The summed E-state index contributed by atoms with van der Waals surface area (Å²) in [4.78, 5) is 12.2. The van der Waals surface area contributed by atoms with Gasteiger partial charge in [0.15, 0.2) is 11.5 Å². The number of cyclic esters (lactones) is 1. The summed E-state index contributed by atoms with van der Waals surface area (Å²) in [6.07, 6.45) is 3.57. The van der Waals surface area contributed by atoms with E-state index in [1.165, 1.54) is 0 Å². The first-order chi connectivity index (χ1) is 12.5. The van der Waals surface area contributed by atoms with Gasteiger partial charge in [0.2, 0.25) is 0 Å². The van der Waals surface area contributed by atoms with E-state index in [1.54, 1.807) is 19.3 Å². The minimum absolute atomic E-state index is 0.357. The van der Waals surface area contributed by atoms with Gasteiger partial charge in [0.05, 0.1) is 22.9 Å². The van der Waals surface area contributed by atoms with E-state index in [0.29, 0.717) is 29.4 Å². The highest BCUT2D eigenvalue weighted by atomic mass is 127. The number of esters is 1. The third kappa shape index (κ3) is 3.93. The molecule has 0 amide bonds. The van der Waals surface area contributed by atoms with Gasteiger partial charge in [0.1, 0.15) is 5.76 Å². The van der Waals surface area contributed by atoms with Crippen LogP contribution in [-0.4, -0.2) is 19.7 Å². The molecule has 0 saturated heterocycles. The second-order valence-electron chi connectivity index (χ2n) is 5.83. The highest BCUT2D eigenvalue weighted by Gasteiger charge is 2.22. The summed E-state index contributed by atoms with van der Waals surface area (Å²) >= 11 is 2.19. The number of carbonyl (C=O) groups is 1. The number of carbonyl (C=O) groups excluding carboxylic acids is 1. The van der Waals surface area contributed by atoms with Crippen LogP contribution in [0.4, 0.5) is 0 Å². The number of benzene rings is 2. The van der Waals surface area contributed by atoms with Crippen molar-refractivity contribution in [1.29, 1.82) is 0 Å². The van der Waals surface area contributed by atoms with Gasteiger partial charge in [-0.2, -0.15) is 0 Å². The van der Waals surface area contributed by atoms with Crippen molar-refractivity contribution in [2.24, 2.45) is 0 Å². The first-order valence-electron chi connectivity index (χ1n) is 8.24. The summed E-state index contributed by atoms with van der Waals surface area (Å²) in [6, 6.07) is 11.7. The number of rotatable bonds is 5. The zero-order valence-electron chi connectivity index (χ0n) is 14.8. The summed E-state index contributed by atoms with van der Waals surface area (Å²) in [5.41, 5.74) is 3.40. The molecule has 3 rings (SSSR count). The van der Waals surface area contributed by atoms with E-state index in [2.05, 4.69) is 22.6 Å². The van der Waals surface area contributed by atoms with Gasteiger partial charge in [-0.05, 0) is 66.3 Å². The smallest absolute Gasteiger partial charge is 0.343 e. The minimum Gasteiger partial charge on any atom is -0.492 e. The Morgan fingerprint density at radius 3 is 2.58 bits per heavy atom. The summed E-state index contributed by atoms with van der Waals surface area (Å²) in [6.45, 7) is 4.47. The van der Waals surface area contributed by atoms with E-state index in [9.17, 15) is 4.79 Å². The van der Waals surface area contributed by atoms with Gasteiger partial charge in [-0.15, -0.1) is 0 Å². The molecule has 2 aromatic carbocycles. The molecule has 0 spiro atoms. The molecule has 1 aliphatic rings.